The second kappa shape index (κ2) is 10.8. The van der Waals surface area contributed by atoms with Crippen LogP contribution in [-0.2, 0) is 19.6 Å². The third-order valence-corrected chi connectivity index (χ3v) is 8.34. The molecule has 0 saturated carbocycles. The van der Waals surface area contributed by atoms with Gasteiger partial charge in [0.25, 0.3) is 10.0 Å². The maximum Gasteiger partial charge on any atom is 0.462 e. The summed E-state index contributed by atoms with van der Waals surface area (Å²) in [6, 6.07) is 2.70. The second-order valence-corrected chi connectivity index (χ2v) is 11.1. The molecule has 2 fully saturated rings. The predicted molar refractivity (Wildman–Crippen MR) is 125 cm³/mol. The summed E-state index contributed by atoms with van der Waals surface area (Å²) in [6.45, 7) is 1.74. The Kier molecular flexibility index (Phi) is 7.98. The highest BCUT2D eigenvalue weighted by Crippen LogP contribution is 2.25. The predicted octanol–water partition coefficient (Wildman–Crippen LogP) is 2.16. The van der Waals surface area contributed by atoms with Crippen molar-refractivity contribution in [2.75, 3.05) is 32.8 Å². The van der Waals surface area contributed by atoms with Crippen molar-refractivity contribution in [3.8, 4) is 0 Å². The lowest BCUT2D eigenvalue weighted by atomic mass is 9.97. The first-order valence-electron chi connectivity index (χ1n) is 11.0. The smallest absolute Gasteiger partial charge is 0.382 e. The van der Waals surface area contributed by atoms with Gasteiger partial charge in [-0.15, -0.1) is 0 Å². The van der Waals surface area contributed by atoms with Gasteiger partial charge in [-0.25, -0.2) is 22.6 Å². The van der Waals surface area contributed by atoms with Crippen LogP contribution in [0.15, 0.2) is 39.2 Å². The number of ether oxygens (including phenoxy) is 1. The first-order chi connectivity index (χ1) is 16.3. The molecular weight excluding hydrogens is 508 g/mol. The van der Waals surface area contributed by atoms with Gasteiger partial charge in [0.15, 0.2) is 16.3 Å². The van der Waals surface area contributed by atoms with Crippen LogP contribution in [-0.4, -0.2) is 79.7 Å². The molecule has 9 nitrogen and oxygen atoms in total. The molecule has 13 heteroatoms. The number of alkyl halides is 1. The van der Waals surface area contributed by atoms with Crippen LogP contribution >= 0.6 is 23.2 Å². The Hall–Kier alpha value is -1.92. The van der Waals surface area contributed by atoms with Gasteiger partial charge in [-0.3, -0.25) is 0 Å². The molecule has 0 aliphatic carbocycles. The Balaban J connectivity index is 1.38. The Morgan fingerprint density at radius 2 is 2.15 bits per heavy atom. The average Bonchev–Trinajstić information content (AvgIpc) is 2.83. The number of piperidine rings is 1. The molecule has 3 atom stereocenters. The van der Waals surface area contributed by atoms with E-state index in [0.29, 0.717) is 29.8 Å². The van der Waals surface area contributed by atoms with E-state index in [0.717, 1.165) is 28.4 Å². The van der Waals surface area contributed by atoms with Crippen molar-refractivity contribution < 1.29 is 27.0 Å². The molecule has 4 rings (SSSR count). The number of aromatic nitrogens is 1. The van der Waals surface area contributed by atoms with Gasteiger partial charge < -0.3 is 10.1 Å². The fraction of sp³-hybridized carbons (Fsp3) is 0.524. The maximum atomic E-state index is 15.0. The van der Waals surface area contributed by atoms with Crippen LogP contribution in [0.1, 0.15) is 19.3 Å². The van der Waals surface area contributed by atoms with Gasteiger partial charge in [0.05, 0.1) is 23.2 Å². The van der Waals surface area contributed by atoms with E-state index < -0.39 is 28.0 Å². The maximum absolute atomic E-state index is 15.0. The molecule has 0 radical (unpaired) electrons. The highest BCUT2D eigenvalue weighted by Gasteiger charge is 2.39. The quantitative estimate of drug-likeness (QED) is 0.563. The summed E-state index contributed by atoms with van der Waals surface area (Å²) in [6.07, 6.45) is 4.68. The van der Waals surface area contributed by atoms with Crippen LogP contribution in [0.25, 0.3) is 0 Å². The van der Waals surface area contributed by atoms with Crippen LogP contribution in [0.4, 0.5) is 4.39 Å². The molecule has 184 valence electrons. The number of allylic oxidation sites excluding steroid dienone is 1. The van der Waals surface area contributed by atoms with Crippen molar-refractivity contribution >= 4 is 51.6 Å². The zero-order valence-electron chi connectivity index (χ0n) is 18.2. The largest absolute Gasteiger partial charge is 0.462 e. The van der Waals surface area contributed by atoms with Crippen molar-refractivity contribution in [1.29, 1.82) is 0 Å². The Morgan fingerprint density at radius 3 is 2.82 bits per heavy atom. The summed E-state index contributed by atoms with van der Waals surface area (Å²) in [5.41, 5.74) is 0.412. The summed E-state index contributed by atoms with van der Waals surface area (Å²) in [5.74, 6) is -0.945. The van der Waals surface area contributed by atoms with Crippen molar-refractivity contribution in [3.63, 3.8) is 0 Å². The first kappa shape index (κ1) is 25.2. The van der Waals surface area contributed by atoms with Crippen LogP contribution in [0.3, 0.4) is 0 Å². The van der Waals surface area contributed by atoms with E-state index in [1.807, 2.05) is 0 Å². The van der Waals surface area contributed by atoms with E-state index in [-0.39, 0.29) is 29.6 Å². The molecule has 3 aliphatic heterocycles. The molecule has 1 aromatic heterocycles. The topological polar surface area (TPSA) is 104 Å². The van der Waals surface area contributed by atoms with Crippen molar-refractivity contribution in [2.24, 2.45) is 16.9 Å². The lowest BCUT2D eigenvalue weighted by Gasteiger charge is -2.30. The van der Waals surface area contributed by atoms with Gasteiger partial charge in [-0.2, -0.15) is 4.31 Å². The summed E-state index contributed by atoms with van der Waals surface area (Å²) >= 11 is 12.0. The van der Waals surface area contributed by atoms with Crippen LogP contribution < -0.4 is 5.32 Å². The summed E-state index contributed by atoms with van der Waals surface area (Å²) in [4.78, 5) is 16.5. The number of hydrogen-bond donors (Lipinski definition) is 1. The van der Waals surface area contributed by atoms with Crippen molar-refractivity contribution in [2.45, 2.75) is 30.5 Å². The SMILES string of the molecule is O=C1C(Cl)=C(NC[C@@H]2CCCOC2)C=N/[N+]1=C\C1CCN(S(=O)(=O)c2ccc(Cl)cn2)C[C@@H]1F. The molecule has 2 saturated heterocycles. The van der Waals surface area contributed by atoms with Crippen LogP contribution in [0.5, 0.6) is 0 Å². The standard InChI is InChI=1S/C21H24Cl2FN5O4S/c22-16-3-4-19(26-9-16)34(31,32)28-6-5-15(17(24)12-28)11-29-21(30)20(23)18(10-27-29)25-8-14-2-1-7-33-13-14/h3-4,9-11,14-15,17H,1-2,5-8,12-13H2/p+1/b29-11-/t14-,15?,17-/m0/s1. The number of halogens is 3. The van der Waals surface area contributed by atoms with Gasteiger partial charge >= 0.3 is 5.91 Å². The number of hydrazone groups is 1. The second-order valence-electron chi connectivity index (χ2n) is 8.38. The van der Waals surface area contributed by atoms with Gasteiger partial charge in [-0.1, -0.05) is 23.2 Å². The monoisotopic (exact) mass is 532 g/mol. The molecule has 0 spiro atoms. The molecule has 34 heavy (non-hydrogen) atoms. The highest BCUT2D eigenvalue weighted by atomic mass is 35.5. The fourth-order valence-electron chi connectivity index (χ4n) is 4.01. The number of carbonyl (C=O) groups is 1. The molecule has 4 heterocycles. The summed E-state index contributed by atoms with van der Waals surface area (Å²) < 4.78 is 48.0. The Morgan fingerprint density at radius 1 is 1.32 bits per heavy atom. The Labute approximate surface area is 207 Å². The number of rotatable bonds is 6. The van der Waals surface area contributed by atoms with E-state index in [1.165, 1.54) is 30.8 Å². The molecule has 0 aromatic carbocycles. The zero-order valence-corrected chi connectivity index (χ0v) is 20.6. The van der Waals surface area contributed by atoms with Gasteiger partial charge in [0.2, 0.25) is 0 Å². The van der Waals surface area contributed by atoms with Crippen molar-refractivity contribution in [3.05, 3.63) is 34.1 Å². The van der Waals surface area contributed by atoms with E-state index in [4.69, 9.17) is 27.9 Å². The molecule has 1 amide bonds. The van der Waals surface area contributed by atoms with E-state index in [9.17, 15) is 17.6 Å². The first-order valence-corrected chi connectivity index (χ1v) is 13.1. The number of sulfonamides is 1. The number of nitrogens with zero attached hydrogens (tertiary/aromatic N) is 4. The average molecular weight is 533 g/mol. The summed E-state index contributed by atoms with van der Waals surface area (Å²) in [7, 11) is -3.96. The molecule has 3 aliphatic rings. The molecule has 1 aromatic rings. The van der Waals surface area contributed by atoms with E-state index in [2.05, 4.69) is 15.4 Å². The fourth-order valence-corrected chi connectivity index (χ4v) is 5.70. The van der Waals surface area contributed by atoms with Crippen molar-refractivity contribution in [1.82, 2.24) is 14.6 Å². The highest BCUT2D eigenvalue weighted by molar-refractivity contribution is 7.89. The van der Waals surface area contributed by atoms with Crippen LogP contribution in [0, 0.1) is 11.8 Å². The number of amides is 1. The van der Waals surface area contributed by atoms with Crippen LogP contribution in [0.2, 0.25) is 5.02 Å². The van der Waals surface area contributed by atoms with Gasteiger partial charge in [-0.05, 0) is 42.0 Å². The van der Waals surface area contributed by atoms with Gasteiger partial charge in [0.1, 0.15) is 12.4 Å². The van der Waals surface area contributed by atoms with E-state index >= 15 is 0 Å². The molecule has 1 N–H and O–H groups in total. The third-order valence-electron chi connectivity index (χ3n) is 5.97. The number of nitrogens with one attached hydrogen (secondary N) is 1. The minimum atomic E-state index is -3.96. The zero-order chi connectivity index (χ0) is 24.3. The summed E-state index contributed by atoms with van der Waals surface area (Å²) in [5, 5.41) is 7.32. The minimum absolute atomic E-state index is 0.0350. The normalized spacial score (nSPS) is 27.9. The lowest BCUT2D eigenvalue weighted by Crippen LogP contribution is -2.46. The molecule has 0 bridgehead atoms. The van der Waals surface area contributed by atoms with E-state index in [1.54, 1.807) is 0 Å². The number of hydrogen-bond acceptors (Lipinski definition) is 7. The number of pyridine rings is 1. The lowest BCUT2D eigenvalue weighted by molar-refractivity contribution is -0.447. The molecular formula is C21H25Cl2FN5O4S+. The number of carbonyl (C=O) groups excluding carboxylic acids is 1. The third kappa shape index (κ3) is 5.65. The Bertz CT molecular complexity index is 1120. The van der Waals surface area contributed by atoms with Gasteiger partial charge in [0, 0.05) is 37.5 Å². The minimum Gasteiger partial charge on any atom is -0.382 e. The molecule has 1 unspecified atom stereocenters.